The zero-order valence-corrected chi connectivity index (χ0v) is 17.4. The summed E-state index contributed by atoms with van der Waals surface area (Å²) in [5.74, 6) is 2.98. The molecule has 2 atom stereocenters. The fourth-order valence-electron chi connectivity index (χ4n) is 3.01. The highest BCUT2D eigenvalue weighted by Gasteiger charge is 2.24. The standard InChI is InChI=1S/C16H28N4S.HI/c1-11(2)15-19-14(10-21-15)7-18-16(17-5)20-8-12(3)6-13(4)9-20;/h10-13H,6-9H2,1-5H3,(H,17,18);1H. The van der Waals surface area contributed by atoms with E-state index in [9.17, 15) is 0 Å². The van der Waals surface area contributed by atoms with E-state index in [2.05, 4.69) is 53.3 Å². The van der Waals surface area contributed by atoms with Crippen LogP contribution in [0.15, 0.2) is 10.4 Å². The molecule has 1 aliphatic rings. The van der Waals surface area contributed by atoms with Crippen LogP contribution in [0.1, 0.15) is 50.7 Å². The maximum absolute atomic E-state index is 4.67. The van der Waals surface area contributed by atoms with Gasteiger partial charge in [-0.3, -0.25) is 4.99 Å². The predicted molar refractivity (Wildman–Crippen MR) is 106 cm³/mol. The molecule has 1 aromatic heterocycles. The molecule has 126 valence electrons. The van der Waals surface area contributed by atoms with Crippen LogP contribution in [0.4, 0.5) is 0 Å². The lowest BCUT2D eigenvalue weighted by Gasteiger charge is -2.37. The predicted octanol–water partition coefficient (Wildman–Crippen LogP) is 3.94. The summed E-state index contributed by atoms with van der Waals surface area (Å²) in [4.78, 5) is 11.5. The SMILES string of the molecule is CN=C(NCc1csc(C(C)C)n1)N1CC(C)CC(C)C1.I. The van der Waals surface area contributed by atoms with Crippen LogP contribution in [0.5, 0.6) is 0 Å². The van der Waals surface area contributed by atoms with Crippen molar-refractivity contribution in [1.82, 2.24) is 15.2 Å². The Morgan fingerprint density at radius 3 is 2.55 bits per heavy atom. The molecule has 0 bridgehead atoms. The van der Waals surface area contributed by atoms with E-state index in [1.807, 2.05) is 7.05 Å². The van der Waals surface area contributed by atoms with Crippen LogP contribution in [0.3, 0.4) is 0 Å². The summed E-state index contributed by atoms with van der Waals surface area (Å²) in [5.41, 5.74) is 1.11. The number of thiazole rings is 1. The van der Waals surface area contributed by atoms with Crippen LogP contribution >= 0.6 is 35.3 Å². The van der Waals surface area contributed by atoms with E-state index >= 15 is 0 Å². The van der Waals surface area contributed by atoms with Crippen molar-refractivity contribution in [3.8, 4) is 0 Å². The molecule has 1 N–H and O–H groups in total. The van der Waals surface area contributed by atoms with E-state index in [0.717, 1.165) is 43.1 Å². The Morgan fingerprint density at radius 2 is 2.05 bits per heavy atom. The quantitative estimate of drug-likeness (QED) is 0.444. The van der Waals surface area contributed by atoms with Gasteiger partial charge in [0, 0.05) is 31.4 Å². The fourth-order valence-corrected chi connectivity index (χ4v) is 3.84. The molecule has 1 aliphatic heterocycles. The second kappa shape index (κ2) is 9.05. The molecule has 0 spiro atoms. The third kappa shape index (κ3) is 5.37. The molecule has 1 saturated heterocycles. The van der Waals surface area contributed by atoms with Gasteiger partial charge in [-0.1, -0.05) is 27.7 Å². The first-order valence-corrected chi connectivity index (χ1v) is 8.77. The van der Waals surface area contributed by atoms with E-state index in [4.69, 9.17) is 0 Å². The number of hydrogen-bond acceptors (Lipinski definition) is 3. The molecular weight excluding hydrogens is 407 g/mol. The monoisotopic (exact) mass is 436 g/mol. The van der Waals surface area contributed by atoms with Gasteiger partial charge < -0.3 is 10.2 Å². The lowest BCUT2D eigenvalue weighted by Crippen LogP contribution is -2.48. The minimum Gasteiger partial charge on any atom is -0.351 e. The summed E-state index contributed by atoms with van der Waals surface area (Å²) in [6, 6.07) is 0. The van der Waals surface area contributed by atoms with Crippen LogP contribution in [-0.2, 0) is 6.54 Å². The van der Waals surface area contributed by atoms with Crippen molar-refractivity contribution < 1.29 is 0 Å². The molecule has 2 heterocycles. The lowest BCUT2D eigenvalue weighted by molar-refractivity contribution is 0.208. The summed E-state index contributed by atoms with van der Waals surface area (Å²) in [7, 11) is 1.87. The summed E-state index contributed by atoms with van der Waals surface area (Å²) >= 11 is 1.75. The largest absolute Gasteiger partial charge is 0.351 e. The molecule has 2 rings (SSSR count). The maximum atomic E-state index is 4.67. The number of rotatable bonds is 3. The topological polar surface area (TPSA) is 40.5 Å². The highest BCUT2D eigenvalue weighted by Crippen LogP contribution is 2.21. The summed E-state index contributed by atoms with van der Waals surface area (Å²) in [5, 5.41) is 6.83. The Hall–Kier alpha value is -0.370. The molecule has 0 saturated carbocycles. The first-order valence-electron chi connectivity index (χ1n) is 7.89. The number of piperidine rings is 1. The Labute approximate surface area is 155 Å². The number of nitrogens with zero attached hydrogens (tertiary/aromatic N) is 3. The van der Waals surface area contributed by atoms with E-state index in [1.54, 1.807) is 11.3 Å². The van der Waals surface area contributed by atoms with Crippen molar-refractivity contribution in [2.75, 3.05) is 20.1 Å². The lowest BCUT2D eigenvalue weighted by atomic mass is 9.92. The van der Waals surface area contributed by atoms with Crippen LogP contribution in [0, 0.1) is 11.8 Å². The van der Waals surface area contributed by atoms with Gasteiger partial charge in [-0.2, -0.15) is 0 Å². The fraction of sp³-hybridized carbons (Fsp3) is 0.750. The highest BCUT2D eigenvalue weighted by atomic mass is 127. The van der Waals surface area contributed by atoms with Gasteiger partial charge in [0.25, 0.3) is 0 Å². The average molecular weight is 436 g/mol. The second-order valence-electron chi connectivity index (χ2n) is 6.58. The van der Waals surface area contributed by atoms with Crippen LogP contribution < -0.4 is 5.32 Å². The molecule has 0 radical (unpaired) electrons. The van der Waals surface area contributed by atoms with Gasteiger partial charge >= 0.3 is 0 Å². The zero-order chi connectivity index (χ0) is 15.4. The Balaban J connectivity index is 0.00000242. The first kappa shape index (κ1) is 19.7. The third-order valence-corrected chi connectivity index (χ3v) is 5.07. The number of likely N-dealkylation sites (tertiary alicyclic amines) is 1. The Morgan fingerprint density at radius 1 is 1.41 bits per heavy atom. The molecule has 0 aliphatic carbocycles. The van der Waals surface area contributed by atoms with Crippen molar-refractivity contribution in [3.05, 3.63) is 16.1 Å². The summed E-state index contributed by atoms with van der Waals surface area (Å²) < 4.78 is 0. The van der Waals surface area contributed by atoms with Gasteiger partial charge in [0.1, 0.15) is 0 Å². The second-order valence-corrected chi connectivity index (χ2v) is 7.47. The number of guanidine groups is 1. The molecule has 0 amide bonds. The van der Waals surface area contributed by atoms with Gasteiger partial charge in [0.2, 0.25) is 0 Å². The minimum atomic E-state index is 0. The van der Waals surface area contributed by atoms with Crippen molar-refractivity contribution in [2.45, 2.75) is 46.6 Å². The minimum absolute atomic E-state index is 0. The van der Waals surface area contributed by atoms with Crippen LogP contribution in [0.25, 0.3) is 0 Å². The number of halogens is 1. The highest BCUT2D eigenvalue weighted by molar-refractivity contribution is 14.0. The van der Waals surface area contributed by atoms with Gasteiger partial charge in [-0.25, -0.2) is 4.98 Å². The Kier molecular flexibility index (Phi) is 8.10. The molecule has 4 nitrogen and oxygen atoms in total. The molecule has 22 heavy (non-hydrogen) atoms. The smallest absolute Gasteiger partial charge is 0.193 e. The maximum Gasteiger partial charge on any atom is 0.193 e. The zero-order valence-electron chi connectivity index (χ0n) is 14.3. The number of aliphatic imine (C=N–C) groups is 1. The third-order valence-electron chi connectivity index (χ3n) is 3.87. The van der Waals surface area contributed by atoms with Crippen molar-refractivity contribution in [3.63, 3.8) is 0 Å². The molecule has 0 aromatic carbocycles. The molecule has 6 heteroatoms. The number of hydrogen-bond donors (Lipinski definition) is 1. The summed E-state index contributed by atoms with van der Waals surface area (Å²) in [6.07, 6.45) is 1.32. The van der Waals surface area contributed by atoms with Crippen LogP contribution in [0.2, 0.25) is 0 Å². The van der Waals surface area contributed by atoms with Gasteiger partial charge in [0.15, 0.2) is 5.96 Å². The van der Waals surface area contributed by atoms with Crippen LogP contribution in [-0.4, -0.2) is 36.0 Å². The van der Waals surface area contributed by atoms with E-state index in [-0.39, 0.29) is 24.0 Å². The number of nitrogens with one attached hydrogen (secondary N) is 1. The van der Waals surface area contributed by atoms with Gasteiger partial charge in [-0.05, 0) is 18.3 Å². The summed E-state index contributed by atoms with van der Waals surface area (Å²) in [6.45, 7) is 12.0. The van der Waals surface area contributed by atoms with Gasteiger partial charge in [0.05, 0.1) is 17.2 Å². The Bertz CT molecular complexity index is 476. The van der Waals surface area contributed by atoms with E-state index in [0.29, 0.717) is 5.92 Å². The van der Waals surface area contributed by atoms with Crippen molar-refractivity contribution in [2.24, 2.45) is 16.8 Å². The van der Waals surface area contributed by atoms with Gasteiger partial charge in [-0.15, -0.1) is 35.3 Å². The normalized spacial score (nSPS) is 22.6. The molecule has 2 unspecified atom stereocenters. The molecular formula is C16H29IN4S. The molecule has 1 fully saturated rings. The molecule has 1 aromatic rings. The first-order chi connectivity index (χ1) is 9.99. The van der Waals surface area contributed by atoms with E-state index < -0.39 is 0 Å². The van der Waals surface area contributed by atoms with Crippen molar-refractivity contribution in [1.29, 1.82) is 0 Å². The van der Waals surface area contributed by atoms with Crippen molar-refractivity contribution >= 4 is 41.3 Å². The van der Waals surface area contributed by atoms with E-state index in [1.165, 1.54) is 11.4 Å². The number of aromatic nitrogens is 1. The average Bonchev–Trinajstić information content (AvgIpc) is 2.87.